The zero-order chi connectivity index (χ0) is 21.7. The van der Waals surface area contributed by atoms with Crippen LogP contribution >= 0.6 is 11.3 Å². The molecule has 30 heavy (non-hydrogen) atoms. The number of nitrogens with zero attached hydrogens (tertiary/aromatic N) is 1. The van der Waals surface area contributed by atoms with E-state index >= 15 is 0 Å². The second-order valence-electron chi connectivity index (χ2n) is 6.68. The van der Waals surface area contributed by atoms with Gasteiger partial charge in [0.05, 0.1) is 17.2 Å². The van der Waals surface area contributed by atoms with Crippen LogP contribution in [0.4, 0.5) is 5.69 Å². The minimum Gasteiger partial charge on any atom is -0.455 e. The van der Waals surface area contributed by atoms with Crippen LogP contribution in [0.2, 0.25) is 0 Å². The Balaban J connectivity index is 1.48. The van der Waals surface area contributed by atoms with Crippen LogP contribution in [0, 0.1) is 5.92 Å². The number of para-hydroxylation sites is 1. The molecule has 1 aromatic carbocycles. The van der Waals surface area contributed by atoms with Gasteiger partial charge in [-0.15, -0.1) is 11.3 Å². The Labute approximate surface area is 177 Å². The number of sulfonamides is 1. The second kappa shape index (κ2) is 9.37. The number of hydrogen-bond donors (Lipinski definition) is 2. The molecule has 1 aliphatic rings. The van der Waals surface area contributed by atoms with E-state index in [9.17, 15) is 22.8 Å². The predicted octanol–water partition coefficient (Wildman–Crippen LogP) is 1.43. The van der Waals surface area contributed by atoms with Crippen LogP contribution in [0.15, 0.2) is 46.0 Å². The van der Waals surface area contributed by atoms with Crippen molar-refractivity contribution < 1.29 is 27.5 Å². The normalized spacial score (nSPS) is 15.5. The Morgan fingerprint density at radius 3 is 2.47 bits per heavy atom. The first-order chi connectivity index (χ1) is 14.3. The van der Waals surface area contributed by atoms with Gasteiger partial charge in [0.25, 0.3) is 21.8 Å². The number of carbonyl (C=O) groups is 3. The van der Waals surface area contributed by atoms with Crippen molar-refractivity contribution in [2.45, 2.75) is 17.1 Å². The second-order valence-corrected chi connectivity index (χ2v) is 9.79. The van der Waals surface area contributed by atoms with E-state index in [2.05, 4.69) is 5.32 Å². The lowest BCUT2D eigenvalue weighted by molar-refractivity contribution is -0.152. The van der Waals surface area contributed by atoms with Crippen molar-refractivity contribution in [2.24, 2.45) is 11.7 Å². The molecular formula is C19H21N3O6S2. The molecule has 0 unspecified atom stereocenters. The standard InChI is InChI=1S/C19H21N3O6S2/c20-18(24)14-4-1-2-5-15(14)21-16(23)12-28-19(25)13-7-9-22(10-8-13)30(26,27)17-6-3-11-29-17/h1-6,11,13H,7-10,12H2,(H2,20,24)(H,21,23). The Morgan fingerprint density at radius 1 is 1.13 bits per heavy atom. The average molecular weight is 452 g/mol. The molecule has 0 atom stereocenters. The maximum absolute atomic E-state index is 12.5. The first-order valence-corrected chi connectivity index (χ1v) is 11.5. The van der Waals surface area contributed by atoms with Gasteiger partial charge in [0.1, 0.15) is 4.21 Å². The predicted molar refractivity (Wildman–Crippen MR) is 110 cm³/mol. The van der Waals surface area contributed by atoms with Gasteiger partial charge in [-0.05, 0) is 36.4 Å². The van der Waals surface area contributed by atoms with Crippen molar-refractivity contribution in [3.8, 4) is 0 Å². The van der Waals surface area contributed by atoms with E-state index in [1.807, 2.05) is 0 Å². The number of benzene rings is 1. The topological polar surface area (TPSA) is 136 Å². The van der Waals surface area contributed by atoms with E-state index in [1.165, 1.54) is 16.4 Å². The SMILES string of the molecule is NC(=O)c1ccccc1NC(=O)COC(=O)C1CCN(S(=O)(=O)c2cccs2)CC1. The average Bonchev–Trinajstić information content (AvgIpc) is 3.28. The smallest absolute Gasteiger partial charge is 0.309 e. The van der Waals surface area contributed by atoms with Gasteiger partial charge in [-0.1, -0.05) is 18.2 Å². The fraction of sp³-hybridized carbons (Fsp3) is 0.316. The number of nitrogens with one attached hydrogen (secondary N) is 1. The van der Waals surface area contributed by atoms with E-state index in [-0.39, 0.29) is 28.5 Å². The first-order valence-electron chi connectivity index (χ1n) is 9.18. The van der Waals surface area contributed by atoms with Gasteiger partial charge in [0, 0.05) is 13.1 Å². The van der Waals surface area contributed by atoms with Gasteiger partial charge in [-0.3, -0.25) is 14.4 Å². The Morgan fingerprint density at radius 2 is 1.83 bits per heavy atom. The molecule has 2 aromatic rings. The third-order valence-corrected chi connectivity index (χ3v) is 7.96. The summed E-state index contributed by atoms with van der Waals surface area (Å²) in [5, 5.41) is 4.19. The van der Waals surface area contributed by atoms with E-state index in [1.54, 1.807) is 29.6 Å². The van der Waals surface area contributed by atoms with Crippen molar-refractivity contribution in [1.29, 1.82) is 0 Å². The summed E-state index contributed by atoms with van der Waals surface area (Å²) in [6.45, 7) is -0.101. The molecule has 0 aliphatic carbocycles. The monoisotopic (exact) mass is 451 g/mol. The lowest BCUT2D eigenvalue weighted by Gasteiger charge is -2.29. The van der Waals surface area contributed by atoms with Gasteiger partial charge in [-0.2, -0.15) is 4.31 Å². The van der Waals surface area contributed by atoms with Crippen molar-refractivity contribution in [3.05, 3.63) is 47.3 Å². The Kier molecular flexibility index (Phi) is 6.85. The molecule has 1 aromatic heterocycles. The first kappa shape index (κ1) is 21.9. The maximum atomic E-state index is 12.5. The zero-order valence-electron chi connectivity index (χ0n) is 15.9. The fourth-order valence-electron chi connectivity index (χ4n) is 3.12. The minimum atomic E-state index is -3.54. The number of carbonyl (C=O) groups excluding carboxylic acids is 3. The van der Waals surface area contributed by atoms with Crippen LogP contribution in [0.25, 0.3) is 0 Å². The largest absolute Gasteiger partial charge is 0.455 e. The van der Waals surface area contributed by atoms with Gasteiger partial charge in [0.2, 0.25) is 0 Å². The number of nitrogens with two attached hydrogens (primary N) is 1. The fourth-order valence-corrected chi connectivity index (χ4v) is 5.73. The van der Waals surface area contributed by atoms with E-state index in [0.29, 0.717) is 12.8 Å². The molecule has 160 valence electrons. The summed E-state index contributed by atoms with van der Waals surface area (Å²) in [5.41, 5.74) is 5.64. The number of piperidine rings is 1. The third kappa shape index (κ3) is 5.04. The molecule has 2 heterocycles. The van der Waals surface area contributed by atoms with Gasteiger partial charge < -0.3 is 15.8 Å². The van der Waals surface area contributed by atoms with Crippen LogP contribution in [-0.4, -0.2) is 50.2 Å². The van der Waals surface area contributed by atoms with Crippen LogP contribution in [0.1, 0.15) is 23.2 Å². The molecule has 0 saturated carbocycles. The number of thiophene rings is 1. The number of anilines is 1. The minimum absolute atomic E-state index is 0.150. The maximum Gasteiger partial charge on any atom is 0.309 e. The molecule has 1 fully saturated rings. The molecule has 2 amide bonds. The summed E-state index contributed by atoms with van der Waals surface area (Å²) in [6, 6.07) is 9.46. The molecule has 3 N–H and O–H groups in total. The Bertz CT molecular complexity index is 1030. The number of hydrogen-bond acceptors (Lipinski definition) is 7. The lowest BCUT2D eigenvalue weighted by atomic mass is 9.98. The highest BCUT2D eigenvalue weighted by molar-refractivity contribution is 7.91. The highest BCUT2D eigenvalue weighted by Crippen LogP contribution is 2.26. The molecule has 0 radical (unpaired) electrons. The quantitative estimate of drug-likeness (QED) is 0.611. The summed E-state index contributed by atoms with van der Waals surface area (Å²) < 4.78 is 31.8. The molecule has 9 nitrogen and oxygen atoms in total. The lowest BCUT2D eigenvalue weighted by Crippen LogP contribution is -2.40. The summed E-state index contributed by atoms with van der Waals surface area (Å²) in [7, 11) is -3.54. The third-order valence-electron chi connectivity index (χ3n) is 4.69. The van der Waals surface area contributed by atoms with Gasteiger partial charge >= 0.3 is 5.97 Å². The van der Waals surface area contributed by atoms with Crippen molar-refractivity contribution >= 4 is 44.8 Å². The summed E-state index contributed by atoms with van der Waals surface area (Å²) >= 11 is 1.15. The Hall–Kier alpha value is -2.76. The van der Waals surface area contributed by atoms with E-state index in [4.69, 9.17) is 10.5 Å². The van der Waals surface area contributed by atoms with E-state index < -0.39 is 40.3 Å². The van der Waals surface area contributed by atoms with Crippen LogP contribution in [0.5, 0.6) is 0 Å². The molecule has 1 saturated heterocycles. The van der Waals surface area contributed by atoms with Crippen LogP contribution in [-0.2, 0) is 24.3 Å². The molecule has 1 aliphatic heterocycles. The highest BCUT2D eigenvalue weighted by Gasteiger charge is 2.33. The van der Waals surface area contributed by atoms with Crippen LogP contribution < -0.4 is 11.1 Å². The molecule has 0 bridgehead atoms. The van der Waals surface area contributed by atoms with Crippen molar-refractivity contribution in [1.82, 2.24) is 4.31 Å². The number of primary amides is 1. The van der Waals surface area contributed by atoms with Gasteiger partial charge in [0.15, 0.2) is 6.61 Å². The molecule has 3 rings (SSSR count). The van der Waals surface area contributed by atoms with Crippen molar-refractivity contribution in [2.75, 3.05) is 25.0 Å². The number of ether oxygens (including phenoxy) is 1. The van der Waals surface area contributed by atoms with Gasteiger partial charge in [-0.25, -0.2) is 8.42 Å². The zero-order valence-corrected chi connectivity index (χ0v) is 17.6. The molecular weight excluding hydrogens is 430 g/mol. The number of amides is 2. The summed E-state index contributed by atoms with van der Waals surface area (Å²) in [6.07, 6.45) is 0.630. The molecule has 0 spiro atoms. The van der Waals surface area contributed by atoms with Crippen LogP contribution in [0.3, 0.4) is 0 Å². The number of esters is 1. The summed E-state index contributed by atoms with van der Waals surface area (Å²) in [4.78, 5) is 35.7. The van der Waals surface area contributed by atoms with E-state index in [0.717, 1.165) is 11.3 Å². The van der Waals surface area contributed by atoms with Crippen molar-refractivity contribution in [3.63, 3.8) is 0 Å². The number of rotatable bonds is 7. The summed E-state index contributed by atoms with van der Waals surface area (Å²) in [5.74, 6) is -2.33. The highest BCUT2D eigenvalue weighted by atomic mass is 32.2. The molecule has 11 heteroatoms.